The van der Waals surface area contributed by atoms with Gasteiger partial charge < -0.3 is 9.67 Å². The van der Waals surface area contributed by atoms with E-state index in [9.17, 15) is 13.9 Å². The molecule has 96 valence electrons. The first kappa shape index (κ1) is 12.7. The van der Waals surface area contributed by atoms with Crippen LogP contribution in [0, 0.1) is 0 Å². The van der Waals surface area contributed by atoms with Gasteiger partial charge in [-0.1, -0.05) is 18.2 Å². The Morgan fingerprint density at radius 3 is 2.67 bits per heavy atom. The molecule has 0 aliphatic heterocycles. The summed E-state index contributed by atoms with van der Waals surface area (Å²) in [6.07, 6.45) is 0.362. The molecule has 0 spiro atoms. The van der Waals surface area contributed by atoms with Gasteiger partial charge in [0.2, 0.25) is 0 Å². The number of hydrogen-bond donors (Lipinski definition) is 1. The Morgan fingerprint density at radius 2 is 2.06 bits per heavy atom. The highest BCUT2D eigenvalue weighted by molar-refractivity contribution is 5.26. The molecule has 0 fully saturated rings. The molecule has 5 heteroatoms. The molecule has 0 radical (unpaired) electrons. The lowest BCUT2D eigenvalue weighted by Gasteiger charge is -2.12. The van der Waals surface area contributed by atoms with E-state index in [4.69, 9.17) is 0 Å². The summed E-state index contributed by atoms with van der Waals surface area (Å²) in [5.41, 5.74) is 0.405. The molecule has 0 amide bonds. The molecular weight excluding hydrogens is 238 g/mol. The molecule has 0 saturated heterocycles. The molecule has 1 aromatic carbocycles. The zero-order valence-corrected chi connectivity index (χ0v) is 9.92. The summed E-state index contributed by atoms with van der Waals surface area (Å²) < 4.78 is 26.9. The van der Waals surface area contributed by atoms with E-state index in [1.54, 1.807) is 23.0 Å². The maximum atomic E-state index is 12.6. The quantitative estimate of drug-likeness (QED) is 0.908. The van der Waals surface area contributed by atoms with Crippen molar-refractivity contribution in [2.75, 3.05) is 0 Å². The SMILES string of the molecule is Cn1ccnc1CC(O)c1cccc(C(F)F)c1. The third kappa shape index (κ3) is 2.73. The van der Waals surface area contributed by atoms with Crippen molar-refractivity contribution in [1.29, 1.82) is 0 Å². The molecule has 1 unspecified atom stereocenters. The van der Waals surface area contributed by atoms with Crippen LogP contribution in [0.4, 0.5) is 8.78 Å². The van der Waals surface area contributed by atoms with E-state index in [1.165, 1.54) is 18.2 Å². The van der Waals surface area contributed by atoms with E-state index >= 15 is 0 Å². The Bertz CT molecular complexity index is 525. The first-order valence-electron chi connectivity index (χ1n) is 5.60. The first-order chi connectivity index (χ1) is 8.58. The highest BCUT2D eigenvalue weighted by atomic mass is 19.3. The zero-order valence-electron chi connectivity index (χ0n) is 9.92. The molecule has 1 atom stereocenters. The molecule has 1 N–H and O–H groups in total. The lowest BCUT2D eigenvalue weighted by Crippen LogP contribution is -2.07. The summed E-state index contributed by atoms with van der Waals surface area (Å²) in [6.45, 7) is 0. The van der Waals surface area contributed by atoms with Crippen molar-refractivity contribution in [3.63, 3.8) is 0 Å². The van der Waals surface area contributed by atoms with E-state index < -0.39 is 12.5 Å². The highest BCUT2D eigenvalue weighted by Gasteiger charge is 2.14. The number of rotatable bonds is 4. The van der Waals surface area contributed by atoms with Crippen LogP contribution in [0.2, 0.25) is 0 Å². The fourth-order valence-corrected chi connectivity index (χ4v) is 1.79. The fourth-order valence-electron chi connectivity index (χ4n) is 1.79. The van der Waals surface area contributed by atoms with E-state index in [0.717, 1.165) is 0 Å². The third-order valence-corrected chi connectivity index (χ3v) is 2.84. The number of hydrogen-bond acceptors (Lipinski definition) is 2. The van der Waals surface area contributed by atoms with Crippen LogP contribution >= 0.6 is 0 Å². The molecule has 0 saturated carbocycles. The van der Waals surface area contributed by atoms with Crippen LogP contribution < -0.4 is 0 Å². The smallest absolute Gasteiger partial charge is 0.263 e. The summed E-state index contributed by atoms with van der Waals surface area (Å²) in [4.78, 5) is 4.09. The fraction of sp³-hybridized carbons (Fsp3) is 0.308. The van der Waals surface area contributed by atoms with E-state index in [2.05, 4.69) is 4.98 Å². The van der Waals surface area contributed by atoms with Gasteiger partial charge in [-0.3, -0.25) is 0 Å². The topological polar surface area (TPSA) is 38.0 Å². The second-order valence-corrected chi connectivity index (χ2v) is 4.15. The number of imidazole rings is 1. The van der Waals surface area contributed by atoms with Crippen LogP contribution in [0.3, 0.4) is 0 Å². The molecule has 2 aromatic rings. The monoisotopic (exact) mass is 252 g/mol. The van der Waals surface area contributed by atoms with Gasteiger partial charge in [0.15, 0.2) is 0 Å². The van der Waals surface area contributed by atoms with Crippen LogP contribution in [0.5, 0.6) is 0 Å². The van der Waals surface area contributed by atoms with Crippen LogP contribution in [-0.2, 0) is 13.5 Å². The number of aliphatic hydroxyl groups is 1. The van der Waals surface area contributed by atoms with E-state index in [0.29, 0.717) is 17.8 Å². The Kier molecular flexibility index (Phi) is 3.72. The summed E-state index contributed by atoms with van der Waals surface area (Å²) in [7, 11) is 1.82. The second-order valence-electron chi connectivity index (χ2n) is 4.15. The van der Waals surface area contributed by atoms with Crippen LogP contribution in [-0.4, -0.2) is 14.7 Å². The number of alkyl halides is 2. The number of benzene rings is 1. The number of nitrogens with zero attached hydrogens (tertiary/aromatic N) is 2. The average Bonchev–Trinajstić information content (AvgIpc) is 2.75. The normalized spacial score (nSPS) is 12.9. The minimum Gasteiger partial charge on any atom is -0.388 e. The highest BCUT2D eigenvalue weighted by Crippen LogP contribution is 2.24. The standard InChI is InChI=1S/C13H14F2N2O/c1-17-6-5-16-12(17)8-11(18)9-3-2-4-10(7-9)13(14)15/h2-7,11,13,18H,8H2,1H3. The summed E-state index contributed by atoms with van der Waals surface area (Å²) in [5.74, 6) is 0.713. The third-order valence-electron chi connectivity index (χ3n) is 2.84. The molecule has 0 aliphatic rings. The van der Waals surface area contributed by atoms with Gasteiger partial charge in [0, 0.05) is 31.4 Å². The van der Waals surface area contributed by atoms with Crippen LogP contribution in [0.1, 0.15) is 29.5 Å². The van der Waals surface area contributed by atoms with Crippen molar-refractivity contribution < 1.29 is 13.9 Å². The molecule has 0 aliphatic carbocycles. The molecule has 3 nitrogen and oxygen atoms in total. The van der Waals surface area contributed by atoms with Crippen molar-refractivity contribution in [1.82, 2.24) is 9.55 Å². The van der Waals surface area contributed by atoms with Crippen molar-refractivity contribution in [3.05, 3.63) is 53.6 Å². The second kappa shape index (κ2) is 5.27. The Balaban J connectivity index is 2.16. The van der Waals surface area contributed by atoms with Gasteiger partial charge in [-0.25, -0.2) is 13.8 Å². The number of aliphatic hydroxyl groups excluding tert-OH is 1. The zero-order chi connectivity index (χ0) is 13.1. The van der Waals surface area contributed by atoms with Gasteiger partial charge in [-0.15, -0.1) is 0 Å². The molecule has 18 heavy (non-hydrogen) atoms. The van der Waals surface area contributed by atoms with Gasteiger partial charge >= 0.3 is 0 Å². The van der Waals surface area contributed by atoms with Crippen molar-refractivity contribution >= 4 is 0 Å². The maximum absolute atomic E-state index is 12.6. The minimum atomic E-state index is -2.52. The summed E-state index contributed by atoms with van der Waals surface area (Å²) >= 11 is 0. The predicted octanol–water partition coefficient (Wildman–Crippen LogP) is 2.63. The van der Waals surface area contributed by atoms with Crippen molar-refractivity contribution in [2.24, 2.45) is 7.05 Å². The van der Waals surface area contributed by atoms with E-state index in [1.807, 2.05) is 7.05 Å². The number of halogens is 2. The lowest BCUT2D eigenvalue weighted by atomic mass is 10.0. The van der Waals surface area contributed by atoms with Gasteiger partial charge in [0.25, 0.3) is 6.43 Å². The summed E-state index contributed by atoms with van der Waals surface area (Å²) in [5, 5.41) is 10.0. The largest absolute Gasteiger partial charge is 0.388 e. The van der Waals surface area contributed by atoms with Crippen molar-refractivity contribution in [3.8, 4) is 0 Å². The molecule has 1 heterocycles. The minimum absolute atomic E-state index is 0.0774. The van der Waals surface area contributed by atoms with E-state index in [-0.39, 0.29) is 5.56 Å². The Labute approximate surface area is 104 Å². The Hall–Kier alpha value is -1.75. The van der Waals surface area contributed by atoms with Gasteiger partial charge in [0.05, 0.1) is 6.10 Å². The molecule has 1 aromatic heterocycles. The van der Waals surface area contributed by atoms with Crippen molar-refractivity contribution in [2.45, 2.75) is 19.0 Å². The Morgan fingerprint density at radius 1 is 1.33 bits per heavy atom. The van der Waals surface area contributed by atoms with Crippen LogP contribution in [0.25, 0.3) is 0 Å². The van der Waals surface area contributed by atoms with Crippen LogP contribution in [0.15, 0.2) is 36.7 Å². The molecule has 2 rings (SSSR count). The number of aryl methyl sites for hydroxylation is 1. The van der Waals surface area contributed by atoms with Gasteiger partial charge in [-0.05, 0) is 11.6 Å². The number of aromatic nitrogens is 2. The molecule has 0 bridgehead atoms. The first-order valence-corrected chi connectivity index (χ1v) is 5.60. The molecular formula is C13H14F2N2O. The summed E-state index contributed by atoms with van der Waals surface area (Å²) in [6, 6.07) is 5.85. The maximum Gasteiger partial charge on any atom is 0.263 e. The predicted molar refractivity (Wildman–Crippen MR) is 63.3 cm³/mol. The lowest BCUT2D eigenvalue weighted by molar-refractivity contribution is 0.149. The van der Waals surface area contributed by atoms with Gasteiger partial charge in [0.1, 0.15) is 5.82 Å². The van der Waals surface area contributed by atoms with Gasteiger partial charge in [-0.2, -0.15) is 0 Å². The average molecular weight is 252 g/mol.